The highest BCUT2D eigenvalue weighted by Gasteiger charge is 2.22. The van der Waals surface area contributed by atoms with Crippen molar-refractivity contribution in [3.05, 3.63) is 0 Å². The maximum Gasteiger partial charge on any atom is 0.0249 e. The lowest BCUT2D eigenvalue weighted by Crippen LogP contribution is -2.49. The van der Waals surface area contributed by atoms with Crippen LogP contribution in [0.4, 0.5) is 0 Å². The number of nitrogens with two attached hydrogens (primary N) is 1. The molecule has 1 rings (SSSR count). The quantitative estimate of drug-likeness (QED) is 0.645. The molecule has 0 aliphatic heterocycles. The molecule has 2 heteroatoms. The average molecular weight is 156 g/mol. The van der Waals surface area contributed by atoms with E-state index in [0.717, 1.165) is 12.6 Å². The molecule has 0 bridgehead atoms. The summed E-state index contributed by atoms with van der Waals surface area (Å²) < 4.78 is 0. The highest BCUT2D eigenvalue weighted by atomic mass is 15.0. The molecule has 0 saturated heterocycles. The topological polar surface area (TPSA) is 38.0 Å². The first kappa shape index (κ1) is 9.01. The third-order valence-corrected chi connectivity index (χ3v) is 2.46. The second-order valence-corrected chi connectivity index (χ2v) is 4.21. The van der Waals surface area contributed by atoms with Gasteiger partial charge in [-0.1, -0.05) is 12.8 Å². The van der Waals surface area contributed by atoms with Crippen molar-refractivity contribution in [2.24, 2.45) is 5.73 Å². The summed E-state index contributed by atoms with van der Waals surface area (Å²) in [5.41, 5.74) is 5.76. The van der Waals surface area contributed by atoms with Gasteiger partial charge in [0.15, 0.2) is 0 Å². The fourth-order valence-corrected chi connectivity index (χ4v) is 1.68. The molecular formula is C9H20N2. The van der Waals surface area contributed by atoms with E-state index in [1.807, 2.05) is 0 Å². The molecule has 0 aromatic carbocycles. The highest BCUT2D eigenvalue weighted by molar-refractivity contribution is 4.85. The number of rotatable bonds is 3. The molecule has 0 heterocycles. The lowest BCUT2D eigenvalue weighted by Gasteiger charge is -2.28. The van der Waals surface area contributed by atoms with Gasteiger partial charge in [-0.2, -0.15) is 0 Å². The minimum Gasteiger partial charge on any atom is -0.329 e. The first-order valence-corrected chi connectivity index (χ1v) is 4.62. The van der Waals surface area contributed by atoms with Crippen LogP contribution in [-0.4, -0.2) is 18.1 Å². The molecular weight excluding hydrogens is 136 g/mol. The smallest absolute Gasteiger partial charge is 0.0249 e. The highest BCUT2D eigenvalue weighted by Crippen LogP contribution is 2.19. The van der Waals surface area contributed by atoms with Crippen molar-refractivity contribution in [3.63, 3.8) is 0 Å². The average Bonchev–Trinajstić information content (AvgIpc) is 2.39. The van der Waals surface area contributed by atoms with Crippen molar-refractivity contribution in [2.45, 2.75) is 51.1 Å². The Kier molecular flexibility index (Phi) is 2.90. The first-order valence-electron chi connectivity index (χ1n) is 4.62. The van der Waals surface area contributed by atoms with Gasteiger partial charge >= 0.3 is 0 Å². The minimum absolute atomic E-state index is 0.134. The Hall–Kier alpha value is -0.0800. The molecule has 0 unspecified atom stereocenters. The van der Waals surface area contributed by atoms with E-state index in [-0.39, 0.29) is 5.54 Å². The third-order valence-electron chi connectivity index (χ3n) is 2.46. The molecule has 3 N–H and O–H groups in total. The van der Waals surface area contributed by atoms with Gasteiger partial charge in [-0.25, -0.2) is 0 Å². The summed E-state index contributed by atoms with van der Waals surface area (Å²) >= 11 is 0. The standard InChI is InChI=1S/C9H20N2/c1-9(2,7-10)11-8-5-3-4-6-8/h8,11H,3-7,10H2,1-2H3. The Bertz CT molecular complexity index is 115. The van der Waals surface area contributed by atoms with Gasteiger partial charge in [0.05, 0.1) is 0 Å². The molecule has 1 saturated carbocycles. The zero-order valence-corrected chi connectivity index (χ0v) is 7.69. The van der Waals surface area contributed by atoms with Gasteiger partial charge in [-0.05, 0) is 26.7 Å². The molecule has 0 aromatic rings. The van der Waals surface area contributed by atoms with Crippen LogP contribution >= 0.6 is 0 Å². The summed E-state index contributed by atoms with van der Waals surface area (Å²) in [6.45, 7) is 5.07. The predicted molar refractivity (Wildman–Crippen MR) is 48.5 cm³/mol. The Morgan fingerprint density at radius 3 is 2.36 bits per heavy atom. The van der Waals surface area contributed by atoms with E-state index >= 15 is 0 Å². The van der Waals surface area contributed by atoms with Crippen LogP contribution < -0.4 is 11.1 Å². The first-order chi connectivity index (χ1) is 5.14. The summed E-state index contributed by atoms with van der Waals surface area (Å²) in [5, 5.41) is 3.58. The Labute approximate surface area is 69.5 Å². The van der Waals surface area contributed by atoms with Gasteiger partial charge < -0.3 is 11.1 Å². The maximum absolute atomic E-state index is 5.62. The molecule has 0 atom stereocenters. The van der Waals surface area contributed by atoms with Crippen LogP contribution in [-0.2, 0) is 0 Å². The van der Waals surface area contributed by atoms with Crippen molar-refractivity contribution >= 4 is 0 Å². The summed E-state index contributed by atoms with van der Waals surface area (Å²) in [6.07, 6.45) is 5.45. The van der Waals surface area contributed by atoms with E-state index in [1.54, 1.807) is 0 Å². The van der Waals surface area contributed by atoms with Crippen molar-refractivity contribution in [2.75, 3.05) is 6.54 Å². The van der Waals surface area contributed by atoms with Gasteiger partial charge in [0.1, 0.15) is 0 Å². The lowest BCUT2D eigenvalue weighted by atomic mass is 10.0. The minimum atomic E-state index is 0.134. The van der Waals surface area contributed by atoms with Crippen molar-refractivity contribution < 1.29 is 0 Å². The largest absolute Gasteiger partial charge is 0.329 e. The SMILES string of the molecule is CC(C)(CN)NC1CCCC1. The molecule has 0 spiro atoms. The van der Waals surface area contributed by atoms with Gasteiger partial charge in [-0.15, -0.1) is 0 Å². The summed E-state index contributed by atoms with van der Waals surface area (Å²) in [4.78, 5) is 0. The second kappa shape index (κ2) is 3.55. The van der Waals surface area contributed by atoms with Crippen molar-refractivity contribution in [1.29, 1.82) is 0 Å². The Morgan fingerprint density at radius 1 is 1.36 bits per heavy atom. The van der Waals surface area contributed by atoms with Gasteiger partial charge in [0.25, 0.3) is 0 Å². The molecule has 0 aromatic heterocycles. The van der Waals surface area contributed by atoms with Crippen LogP contribution in [0.5, 0.6) is 0 Å². The van der Waals surface area contributed by atoms with E-state index in [1.165, 1.54) is 25.7 Å². The Balaban J connectivity index is 2.28. The molecule has 66 valence electrons. The fourth-order valence-electron chi connectivity index (χ4n) is 1.68. The van der Waals surface area contributed by atoms with E-state index in [4.69, 9.17) is 5.73 Å². The lowest BCUT2D eigenvalue weighted by molar-refractivity contribution is 0.342. The van der Waals surface area contributed by atoms with Crippen LogP contribution in [0, 0.1) is 0 Å². The van der Waals surface area contributed by atoms with Crippen LogP contribution in [0.3, 0.4) is 0 Å². The van der Waals surface area contributed by atoms with Crippen molar-refractivity contribution in [1.82, 2.24) is 5.32 Å². The third kappa shape index (κ3) is 2.80. The zero-order valence-electron chi connectivity index (χ0n) is 7.69. The summed E-state index contributed by atoms with van der Waals surface area (Å²) in [7, 11) is 0. The van der Waals surface area contributed by atoms with Crippen LogP contribution in [0.15, 0.2) is 0 Å². The number of hydrogen-bond acceptors (Lipinski definition) is 2. The molecule has 2 nitrogen and oxygen atoms in total. The summed E-state index contributed by atoms with van der Waals surface area (Å²) in [5.74, 6) is 0. The fraction of sp³-hybridized carbons (Fsp3) is 1.00. The van der Waals surface area contributed by atoms with E-state index in [0.29, 0.717) is 0 Å². The maximum atomic E-state index is 5.62. The van der Waals surface area contributed by atoms with Crippen molar-refractivity contribution in [3.8, 4) is 0 Å². The molecule has 1 aliphatic carbocycles. The summed E-state index contributed by atoms with van der Waals surface area (Å²) in [6, 6.07) is 0.730. The second-order valence-electron chi connectivity index (χ2n) is 4.21. The zero-order chi connectivity index (χ0) is 8.32. The van der Waals surface area contributed by atoms with E-state index < -0.39 is 0 Å². The van der Waals surface area contributed by atoms with Gasteiger partial charge in [-0.3, -0.25) is 0 Å². The Morgan fingerprint density at radius 2 is 1.91 bits per heavy atom. The van der Waals surface area contributed by atoms with Gasteiger partial charge in [0, 0.05) is 18.1 Å². The van der Waals surface area contributed by atoms with Crippen LogP contribution in [0.2, 0.25) is 0 Å². The number of hydrogen-bond donors (Lipinski definition) is 2. The van der Waals surface area contributed by atoms with Crippen LogP contribution in [0.25, 0.3) is 0 Å². The van der Waals surface area contributed by atoms with E-state index in [2.05, 4.69) is 19.2 Å². The molecule has 11 heavy (non-hydrogen) atoms. The normalized spacial score (nSPS) is 21.0. The predicted octanol–water partition coefficient (Wildman–Crippen LogP) is 1.26. The van der Waals surface area contributed by atoms with Gasteiger partial charge in [0.2, 0.25) is 0 Å². The molecule has 0 radical (unpaired) electrons. The van der Waals surface area contributed by atoms with E-state index in [9.17, 15) is 0 Å². The monoisotopic (exact) mass is 156 g/mol. The molecule has 1 aliphatic rings. The van der Waals surface area contributed by atoms with Crippen LogP contribution in [0.1, 0.15) is 39.5 Å². The number of nitrogens with one attached hydrogen (secondary N) is 1. The molecule has 1 fully saturated rings. The molecule has 0 amide bonds.